The Morgan fingerprint density at radius 3 is 2.70 bits per heavy atom. The van der Waals surface area contributed by atoms with E-state index in [4.69, 9.17) is 9.15 Å². The number of ether oxygens (including phenoxy) is 1. The Bertz CT molecular complexity index is 1220. The Kier molecular flexibility index (Phi) is 6.12. The van der Waals surface area contributed by atoms with Gasteiger partial charge in [-0.2, -0.15) is 0 Å². The van der Waals surface area contributed by atoms with Crippen molar-refractivity contribution in [2.24, 2.45) is 5.92 Å². The maximum atomic E-state index is 14.3. The molecular weight excluding hydrogens is 429 g/mol. The van der Waals surface area contributed by atoms with Gasteiger partial charge in [0.15, 0.2) is 0 Å². The molecule has 9 heteroatoms. The van der Waals surface area contributed by atoms with E-state index >= 15 is 0 Å². The molecule has 170 valence electrons. The van der Waals surface area contributed by atoms with Crippen LogP contribution >= 0.6 is 0 Å². The largest absolute Gasteiger partial charge is 0.497 e. The quantitative estimate of drug-likeness (QED) is 0.591. The summed E-state index contributed by atoms with van der Waals surface area (Å²) in [7, 11) is 1.54. The lowest BCUT2D eigenvalue weighted by atomic mass is 10.1. The first-order chi connectivity index (χ1) is 15.9. The van der Waals surface area contributed by atoms with Crippen LogP contribution < -0.4 is 20.3 Å². The molecule has 1 aliphatic heterocycles. The van der Waals surface area contributed by atoms with E-state index in [1.54, 1.807) is 31.2 Å². The molecule has 2 N–H and O–H groups in total. The highest BCUT2D eigenvalue weighted by Crippen LogP contribution is 2.29. The number of anilines is 3. The van der Waals surface area contributed by atoms with Crippen LogP contribution in [0.2, 0.25) is 0 Å². The molecule has 4 rings (SSSR count). The van der Waals surface area contributed by atoms with Crippen LogP contribution in [0, 0.1) is 18.7 Å². The zero-order valence-corrected chi connectivity index (χ0v) is 18.1. The van der Waals surface area contributed by atoms with Crippen molar-refractivity contribution in [3.05, 3.63) is 71.9 Å². The number of hydrogen-bond acceptors (Lipinski definition) is 5. The molecule has 1 aliphatic rings. The second-order valence-electron chi connectivity index (χ2n) is 7.64. The fourth-order valence-electron chi connectivity index (χ4n) is 3.66. The summed E-state index contributed by atoms with van der Waals surface area (Å²) < 4.78 is 24.5. The molecule has 1 atom stereocenters. The molecule has 0 spiro atoms. The summed E-state index contributed by atoms with van der Waals surface area (Å²) in [5, 5.41) is 5.19. The molecular formula is C24H22FN3O5. The number of nitrogens with zero attached hydrogens (tertiary/aromatic N) is 1. The topological polar surface area (TPSA) is 101 Å². The molecule has 3 amide bonds. The van der Waals surface area contributed by atoms with Crippen LogP contribution in [0.15, 0.2) is 59.2 Å². The number of rotatable bonds is 6. The van der Waals surface area contributed by atoms with Crippen molar-refractivity contribution in [1.82, 2.24) is 0 Å². The second-order valence-corrected chi connectivity index (χ2v) is 7.64. The van der Waals surface area contributed by atoms with E-state index in [0.717, 1.165) is 6.07 Å². The molecule has 3 aromatic rings. The number of halogens is 1. The summed E-state index contributed by atoms with van der Waals surface area (Å²) in [6, 6.07) is 12.4. The van der Waals surface area contributed by atoms with E-state index < -0.39 is 17.6 Å². The highest BCUT2D eigenvalue weighted by Gasteiger charge is 2.35. The predicted molar refractivity (Wildman–Crippen MR) is 120 cm³/mol. The fourth-order valence-corrected chi connectivity index (χ4v) is 3.66. The lowest BCUT2D eigenvalue weighted by Crippen LogP contribution is -2.28. The van der Waals surface area contributed by atoms with Gasteiger partial charge in [-0.05, 0) is 43.3 Å². The summed E-state index contributed by atoms with van der Waals surface area (Å²) in [6.45, 7) is 1.84. The smallest absolute Gasteiger partial charge is 0.259 e. The van der Waals surface area contributed by atoms with Crippen molar-refractivity contribution in [3.8, 4) is 5.75 Å². The van der Waals surface area contributed by atoms with Gasteiger partial charge in [0.05, 0.1) is 30.5 Å². The third-order valence-corrected chi connectivity index (χ3v) is 5.45. The maximum absolute atomic E-state index is 14.3. The van der Waals surface area contributed by atoms with Crippen LogP contribution in [0.25, 0.3) is 0 Å². The van der Waals surface area contributed by atoms with Crippen molar-refractivity contribution in [3.63, 3.8) is 0 Å². The number of hydrogen-bond donors (Lipinski definition) is 2. The number of carbonyl (C=O) groups excluding carboxylic acids is 3. The second kappa shape index (κ2) is 9.15. The van der Waals surface area contributed by atoms with Gasteiger partial charge in [-0.1, -0.05) is 6.07 Å². The Labute approximate surface area is 189 Å². The molecule has 0 bridgehead atoms. The van der Waals surface area contributed by atoms with Gasteiger partial charge >= 0.3 is 0 Å². The van der Waals surface area contributed by atoms with Gasteiger partial charge in [0, 0.05) is 30.4 Å². The molecule has 1 fully saturated rings. The lowest BCUT2D eigenvalue weighted by molar-refractivity contribution is -0.122. The Morgan fingerprint density at radius 2 is 1.97 bits per heavy atom. The number of amides is 3. The molecule has 0 radical (unpaired) electrons. The summed E-state index contributed by atoms with van der Waals surface area (Å²) >= 11 is 0. The third kappa shape index (κ3) is 4.72. The van der Waals surface area contributed by atoms with E-state index in [-0.39, 0.29) is 36.0 Å². The number of nitrogens with one attached hydrogen (secondary N) is 2. The van der Waals surface area contributed by atoms with Crippen molar-refractivity contribution in [1.29, 1.82) is 0 Å². The summed E-state index contributed by atoms with van der Waals surface area (Å²) in [5.41, 5.74) is 1.15. The van der Waals surface area contributed by atoms with Crippen LogP contribution in [-0.4, -0.2) is 31.4 Å². The zero-order valence-electron chi connectivity index (χ0n) is 18.1. The maximum Gasteiger partial charge on any atom is 0.259 e. The normalized spacial score (nSPS) is 15.4. The average molecular weight is 451 g/mol. The number of benzene rings is 2. The first-order valence-corrected chi connectivity index (χ1v) is 10.3. The first-order valence-electron chi connectivity index (χ1n) is 10.3. The summed E-state index contributed by atoms with van der Waals surface area (Å²) in [4.78, 5) is 39.2. The summed E-state index contributed by atoms with van der Waals surface area (Å²) in [5.74, 6) is -1.29. The minimum atomic E-state index is -0.650. The van der Waals surface area contributed by atoms with Crippen molar-refractivity contribution in [2.45, 2.75) is 13.3 Å². The van der Waals surface area contributed by atoms with Crippen LogP contribution in [0.5, 0.6) is 5.75 Å². The van der Waals surface area contributed by atoms with Gasteiger partial charge < -0.3 is 24.7 Å². The molecule has 1 aromatic heterocycles. The first kappa shape index (κ1) is 22.1. The van der Waals surface area contributed by atoms with Crippen LogP contribution in [0.1, 0.15) is 22.5 Å². The Balaban J connectivity index is 1.44. The van der Waals surface area contributed by atoms with E-state index in [1.807, 2.05) is 0 Å². The predicted octanol–water partition coefficient (Wildman–Crippen LogP) is 3.98. The van der Waals surface area contributed by atoms with E-state index in [0.29, 0.717) is 22.9 Å². The van der Waals surface area contributed by atoms with Gasteiger partial charge in [-0.25, -0.2) is 4.39 Å². The Hall–Kier alpha value is -4.14. The minimum absolute atomic E-state index is 0.0492. The molecule has 33 heavy (non-hydrogen) atoms. The minimum Gasteiger partial charge on any atom is -0.497 e. The molecule has 2 aromatic carbocycles. The molecule has 1 saturated heterocycles. The van der Waals surface area contributed by atoms with Crippen LogP contribution in [0.4, 0.5) is 21.5 Å². The monoisotopic (exact) mass is 451 g/mol. The molecule has 8 nitrogen and oxygen atoms in total. The average Bonchev–Trinajstić information content (AvgIpc) is 3.41. The van der Waals surface area contributed by atoms with Gasteiger partial charge in [0.1, 0.15) is 17.3 Å². The molecule has 2 heterocycles. The highest BCUT2D eigenvalue weighted by atomic mass is 19.1. The van der Waals surface area contributed by atoms with E-state index in [1.165, 1.54) is 36.5 Å². The third-order valence-electron chi connectivity index (χ3n) is 5.45. The SMILES string of the molecule is COc1cccc(N2CC(C(=O)Nc3ccc(F)c(NC(=O)c4ccoc4C)c3)CC2=O)c1. The Morgan fingerprint density at radius 1 is 1.15 bits per heavy atom. The van der Waals surface area contributed by atoms with Crippen LogP contribution in [0.3, 0.4) is 0 Å². The van der Waals surface area contributed by atoms with E-state index in [2.05, 4.69) is 10.6 Å². The van der Waals surface area contributed by atoms with Crippen molar-refractivity contribution >= 4 is 34.8 Å². The fraction of sp³-hybridized carbons (Fsp3) is 0.208. The summed E-state index contributed by atoms with van der Waals surface area (Å²) in [6.07, 6.45) is 1.42. The number of carbonyl (C=O) groups is 3. The van der Waals surface area contributed by atoms with Gasteiger partial charge in [-0.15, -0.1) is 0 Å². The molecule has 0 saturated carbocycles. The van der Waals surface area contributed by atoms with E-state index in [9.17, 15) is 18.8 Å². The van der Waals surface area contributed by atoms with Gasteiger partial charge in [-0.3, -0.25) is 14.4 Å². The number of furan rings is 1. The van der Waals surface area contributed by atoms with Crippen LogP contribution in [-0.2, 0) is 9.59 Å². The highest BCUT2D eigenvalue weighted by molar-refractivity contribution is 6.06. The number of methoxy groups -OCH3 is 1. The van der Waals surface area contributed by atoms with Crippen molar-refractivity contribution in [2.75, 3.05) is 29.2 Å². The standard InChI is InChI=1S/C24H22FN3O5/c1-14-19(8-9-33-14)24(31)27-21-11-16(6-7-20(21)25)26-23(30)15-10-22(29)28(13-15)17-4-3-5-18(12-17)32-2/h3-9,11-12,15H,10,13H2,1-2H3,(H,26,30)(H,27,31). The molecule has 1 unspecified atom stereocenters. The lowest BCUT2D eigenvalue weighted by Gasteiger charge is -2.17. The number of aryl methyl sites for hydroxylation is 1. The molecule has 0 aliphatic carbocycles. The van der Waals surface area contributed by atoms with Crippen molar-refractivity contribution < 1.29 is 27.9 Å². The van der Waals surface area contributed by atoms with Gasteiger partial charge in [0.25, 0.3) is 5.91 Å². The van der Waals surface area contributed by atoms with Gasteiger partial charge in [0.2, 0.25) is 11.8 Å². The zero-order chi connectivity index (χ0) is 23.5.